The molecule has 1 unspecified atom stereocenters. The molecule has 8 heteroatoms. The first-order chi connectivity index (χ1) is 9.25. The van der Waals surface area contributed by atoms with Gasteiger partial charge in [-0.15, -0.1) is 0 Å². The lowest BCUT2D eigenvalue weighted by Gasteiger charge is -2.29. The molecule has 0 saturated heterocycles. The van der Waals surface area contributed by atoms with Gasteiger partial charge in [0.15, 0.2) is 0 Å². The number of rotatable bonds is 4. The summed E-state index contributed by atoms with van der Waals surface area (Å²) in [5.74, 6) is -2.25. The molecule has 0 radical (unpaired) electrons. The van der Waals surface area contributed by atoms with Gasteiger partial charge in [0.2, 0.25) is 5.91 Å². The number of carbonyl (C=O) groups is 1. The van der Waals surface area contributed by atoms with Crippen molar-refractivity contribution in [3.63, 3.8) is 0 Å². The zero-order chi connectivity index (χ0) is 15.3. The SMILES string of the molecule is CC(CNC(=O)C1CCC(C(F)(F)F)CC1)C(N)=NO. The minimum Gasteiger partial charge on any atom is -0.409 e. The minimum absolute atomic E-state index is 0.00260. The van der Waals surface area contributed by atoms with Crippen LogP contribution in [0.5, 0.6) is 0 Å². The first kappa shape index (κ1) is 16.6. The van der Waals surface area contributed by atoms with Crippen LogP contribution in [0.4, 0.5) is 13.2 Å². The number of nitrogens with zero attached hydrogens (tertiary/aromatic N) is 1. The lowest BCUT2D eigenvalue weighted by Crippen LogP contribution is -2.39. The van der Waals surface area contributed by atoms with Crippen molar-refractivity contribution >= 4 is 11.7 Å². The Hall–Kier alpha value is -1.47. The number of oxime groups is 1. The second kappa shape index (κ2) is 6.81. The number of hydrogen-bond acceptors (Lipinski definition) is 3. The number of amidine groups is 1. The average Bonchev–Trinajstić information content (AvgIpc) is 2.42. The Labute approximate surface area is 115 Å². The summed E-state index contributed by atoms with van der Waals surface area (Å²) in [6.45, 7) is 1.88. The average molecular weight is 295 g/mol. The summed E-state index contributed by atoms with van der Waals surface area (Å²) in [6.07, 6.45) is -3.68. The highest BCUT2D eigenvalue weighted by atomic mass is 19.4. The van der Waals surface area contributed by atoms with Crippen molar-refractivity contribution in [3.05, 3.63) is 0 Å². The van der Waals surface area contributed by atoms with Crippen LogP contribution in [0, 0.1) is 17.8 Å². The molecule has 0 heterocycles. The monoisotopic (exact) mass is 295 g/mol. The zero-order valence-electron chi connectivity index (χ0n) is 11.3. The predicted octanol–water partition coefficient (Wildman–Crippen LogP) is 1.85. The molecule has 0 aromatic rings. The van der Waals surface area contributed by atoms with Gasteiger partial charge in [0.25, 0.3) is 0 Å². The lowest BCUT2D eigenvalue weighted by atomic mass is 9.81. The molecule has 0 spiro atoms. The summed E-state index contributed by atoms with van der Waals surface area (Å²) in [5, 5.41) is 13.9. The Balaban J connectivity index is 2.37. The highest BCUT2D eigenvalue weighted by Gasteiger charge is 2.42. The molecule has 4 N–H and O–H groups in total. The number of nitrogens with two attached hydrogens (primary N) is 1. The van der Waals surface area contributed by atoms with Crippen LogP contribution in [0.1, 0.15) is 32.6 Å². The van der Waals surface area contributed by atoms with E-state index in [2.05, 4.69) is 10.5 Å². The molecule has 20 heavy (non-hydrogen) atoms. The summed E-state index contributed by atoms with van der Waals surface area (Å²) < 4.78 is 37.5. The van der Waals surface area contributed by atoms with Gasteiger partial charge < -0.3 is 16.3 Å². The van der Waals surface area contributed by atoms with Crippen LogP contribution in [0.25, 0.3) is 0 Å². The molecule has 116 valence electrons. The van der Waals surface area contributed by atoms with Crippen molar-refractivity contribution < 1.29 is 23.2 Å². The highest BCUT2D eigenvalue weighted by Crippen LogP contribution is 2.39. The molecular formula is C12H20F3N3O2. The van der Waals surface area contributed by atoms with E-state index >= 15 is 0 Å². The molecule has 0 bridgehead atoms. The normalized spacial score (nSPS) is 26.1. The molecule has 0 aromatic heterocycles. The summed E-state index contributed by atoms with van der Waals surface area (Å²) >= 11 is 0. The van der Waals surface area contributed by atoms with Crippen LogP contribution in [-0.2, 0) is 4.79 Å². The molecule has 5 nitrogen and oxygen atoms in total. The van der Waals surface area contributed by atoms with Gasteiger partial charge in [-0.1, -0.05) is 12.1 Å². The van der Waals surface area contributed by atoms with Gasteiger partial charge in [-0.2, -0.15) is 13.2 Å². The molecule has 1 fully saturated rings. The summed E-state index contributed by atoms with van der Waals surface area (Å²) in [5.41, 5.74) is 5.37. The topological polar surface area (TPSA) is 87.7 Å². The maximum atomic E-state index is 12.5. The van der Waals surface area contributed by atoms with Crippen LogP contribution in [-0.4, -0.2) is 29.7 Å². The second-order valence-corrected chi connectivity index (χ2v) is 5.26. The van der Waals surface area contributed by atoms with E-state index in [0.29, 0.717) is 0 Å². The third-order valence-corrected chi connectivity index (χ3v) is 3.76. The first-order valence-electron chi connectivity index (χ1n) is 6.57. The second-order valence-electron chi connectivity index (χ2n) is 5.26. The van der Waals surface area contributed by atoms with Crippen LogP contribution in [0.2, 0.25) is 0 Å². The predicted molar refractivity (Wildman–Crippen MR) is 67.1 cm³/mol. The van der Waals surface area contributed by atoms with Gasteiger partial charge in [0, 0.05) is 18.4 Å². The molecule has 1 saturated carbocycles. The van der Waals surface area contributed by atoms with E-state index in [1.807, 2.05) is 0 Å². The number of amides is 1. The van der Waals surface area contributed by atoms with Crippen molar-refractivity contribution in [3.8, 4) is 0 Å². The molecule has 1 aliphatic rings. The summed E-state index contributed by atoms with van der Waals surface area (Å²) in [7, 11) is 0. The van der Waals surface area contributed by atoms with E-state index in [0.717, 1.165) is 0 Å². The smallest absolute Gasteiger partial charge is 0.391 e. The standard InChI is InChI=1S/C12H20F3N3O2/c1-7(10(16)18-20)6-17-11(19)8-2-4-9(5-3-8)12(13,14)15/h7-9,20H,2-6H2,1H3,(H2,16,18)(H,17,19). The first-order valence-corrected chi connectivity index (χ1v) is 6.57. The third kappa shape index (κ3) is 4.57. The molecule has 1 atom stereocenters. The number of hydrogen-bond donors (Lipinski definition) is 3. The Morgan fingerprint density at radius 2 is 1.95 bits per heavy atom. The van der Waals surface area contributed by atoms with Crippen molar-refractivity contribution in [1.82, 2.24) is 5.32 Å². The maximum absolute atomic E-state index is 12.5. The van der Waals surface area contributed by atoms with E-state index in [-0.39, 0.29) is 55.8 Å². The van der Waals surface area contributed by atoms with Gasteiger partial charge in [0.05, 0.1) is 5.92 Å². The molecular weight excluding hydrogens is 275 g/mol. The van der Waals surface area contributed by atoms with Crippen molar-refractivity contribution in [2.45, 2.75) is 38.8 Å². The summed E-state index contributed by atoms with van der Waals surface area (Å²) in [6, 6.07) is 0. The number of carbonyl (C=O) groups excluding carboxylic acids is 1. The fraction of sp³-hybridized carbons (Fsp3) is 0.833. The summed E-state index contributed by atoms with van der Waals surface area (Å²) in [4.78, 5) is 11.8. The number of nitrogens with one attached hydrogen (secondary N) is 1. The quantitative estimate of drug-likeness (QED) is 0.320. The van der Waals surface area contributed by atoms with Crippen molar-refractivity contribution in [2.24, 2.45) is 28.6 Å². The van der Waals surface area contributed by atoms with E-state index in [1.165, 1.54) is 0 Å². The largest absolute Gasteiger partial charge is 0.409 e. The molecule has 1 rings (SSSR count). The molecule has 1 aliphatic carbocycles. The van der Waals surface area contributed by atoms with E-state index in [9.17, 15) is 18.0 Å². The fourth-order valence-corrected chi connectivity index (χ4v) is 2.28. The number of alkyl halides is 3. The van der Waals surface area contributed by atoms with Crippen LogP contribution >= 0.6 is 0 Å². The lowest BCUT2D eigenvalue weighted by molar-refractivity contribution is -0.184. The number of halogens is 3. The Morgan fingerprint density at radius 3 is 2.40 bits per heavy atom. The van der Waals surface area contributed by atoms with Gasteiger partial charge in [0.1, 0.15) is 5.84 Å². The van der Waals surface area contributed by atoms with Crippen LogP contribution in [0.3, 0.4) is 0 Å². The Morgan fingerprint density at radius 1 is 1.40 bits per heavy atom. The van der Waals surface area contributed by atoms with Gasteiger partial charge in [-0.3, -0.25) is 4.79 Å². The minimum atomic E-state index is -4.16. The van der Waals surface area contributed by atoms with Crippen molar-refractivity contribution in [2.75, 3.05) is 6.54 Å². The van der Waals surface area contributed by atoms with E-state index in [1.54, 1.807) is 6.92 Å². The fourth-order valence-electron chi connectivity index (χ4n) is 2.28. The van der Waals surface area contributed by atoms with Gasteiger partial charge in [-0.25, -0.2) is 0 Å². The van der Waals surface area contributed by atoms with Crippen LogP contribution < -0.4 is 11.1 Å². The highest BCUT2D eigenvalue weighted by molar-refractivity contribution is 5.83. The van der Waals surface area contributed by atoms with E-state index < -0.39 is 12.1 Å². The third-order valence-electron chi connectivity index (χ3n) is 3.76. The molecule has 0 aliphatic heterocycles. The Bertz CT molecular complexity index is 363. The van der Waals surface area contributed by atoms with E-state index in [4.69, 9.17) is 10.9 Å². The van der Waals surface area contributed by atoms with Gasteiger partial charge >= 0.3 is 6.18 Å². The Kier molecular flexibility index (Phi) is 5.64. The molecule has 1 amide bonds. The maximum Gasteiger partial charge on any atom is 0.391 e. The zero-order valence-corrected chi connectivity index (χ0v) is 11.3. The van der Waals surface area contributed by atoms with Crippen LogP contribution in [0.15, 0.2) is 5.16 Å². The van der Waals surface area contributed by atoms with Gasteiger partial charge in [-0.05, 0) is 25.7 Å². The molecule has 0 aromatic carbocycles. The van der Waals surface area contributed by atoms with Crippen molar-refractivity contribution in [1.29, 1.82) is 0 Å².